The summed E-state index contributed by atoms with van der Waals surface area (Å²) in [6.45, 7) is 3.17. The highest BCUT2D eigenvalue weighted by Crippen LogP contribution is 2.17. The van der Waals surface area contributed by atoms with Crippen LogP contribution < -0.4 is 10.1 Å². The zero-order chi connectivity index (χ0) is 16.3. The number of hydrogen-bond acceptors (Lipinski definition) is 5. The molecule has 116 valence electrons. The van der Waals surface area contributed by atoms with Crippen molar-refractivity contribution in [2.75, 3.05) is 12.4 Å². The molecule has 8 nitrogen and oxygen atoms in total. The number of carbonyl (C=O) groups is 2. The average molecular weight is 304 g/mol. The number of hydrogen-bond donors (Lipinski definition) is 2. The van der Waals surface area contributed by atoms with Crippen molar-refractivity contribution in [1.82, 2.24) is 15.0 Å². The molecular formula is C14H16N4O4. The van der Waals surface area contributed by atoms with Gasteiger partial charge in [0.1, 0.15) is 11.8 Å². The minimum atomic E-state index is -1.17. The van der Waals surface area contributed by atoms with Crippen LogP contribution in [0, 0.1) is 6.92 Å². The van der Waals surface area contributed by atoms with E-state index in [-0.39, 0.29) is 11.6 Å². The van der Waals surface area contributed by atoms with Gasteiger partial charge in [-0.1, -0.05) is 5.21 Å². The van der Waals surface area contributed by atoms with Gasteiger partial charge in [0.05, 0.1) is 12.8 Å². The molecule has 0 saturated heterocycles. The average Bonchev–Trinajstić information content (AvgIpc) is 2.89. The number of carbonyl (C=O) groups excluding carboxylic acids is 1. The molecule has 8 heteroatoms. The number of aromatic carboxylic acids is 1. The summed E-state index contributed by atoms with van der Waals surface area (Å²) in [5.41, 5.74) is 0.767. The fourth-order valence-corrected chi connectivity index (χ4v) is 1.94. The Kier molecular flexibility index (Phi) is 4.40. The topological polar surface area (TPSA) is 106 Å². The van der Waals surface area contributed by atoms with Gasteiger partial charge in [-0.05, 0) is 38.1 Å². The molecule has 1 atom stereocenters. The molecule has 22 heavy (non-hydrogen) atoms. The fraction of sp³-hybridized carbons (Fsp3) is 0.286. The third-order valence-electron chi connectivity index (χ3n) is 3.23. The van der Waals surface area contributed by atoms with E-state index in [1.165, 1.54) is 4.68 Å². The van der Waals surface area contributed by atoms with Gasteiger partial charge in [0.15, 0.2) is 5.69 Å². The number of carboxylic acids is 1. The van der Waals surface area contributed by atoms with Crippen LogP contribution in [0.2, 0.25) is 0 Å². The van der Waals surface area contributed by atoms with Crippen LogP contribution in [0.3, 0.4) is 0 Å². The number of nitrogens with one attached hydrogen (secondary N) is 1. The van der Waals surface area contributed by atoms with Gasteiger partial charge in [-0.2, -0.15) is 0 Å². The van der Waals surface area contributed by atoms with Crippen molar-refractivity contribution >= 4 is 17.6 Å². The van der Waals surface area contributed by atoms with E-state index in [1.54, 1.807) is 45.2 Å². The predicted octanol–water partition coefficient (Wildman–Crippen LogP) is 1.49. The number of methoxy groups -OCH3 is 1. The molecule has 0 aliphatic carbocycles. The highest BCUT2D eigenvalue weighted by molar-refractivity contribution is 5.93. The van der Waals surface area contributed by atoms with Crippen LogP contribution in [0.25, 0.3) is 0 Å². The highest BCUT2D eigenvalue weighted by Gasteiger charge is 2.22. The van der Waals surface area contributed by atoms with E-state index in [2.05, 4.69) is 15.6 Å². The minimum Gasteiger partial charge on any atom is -0.497 e. The Morgan fingerprint density at radius 3 is 2.45 bits per heavy atom. The molecule has 1 aromatic carbocycles. The van der Waals surface area contributed by atoms with Crippen molar-refractivity contribution in [2.45, 2.75) is 19.9 Å². The second-order valence-corrected chi connectivity index (χ2v) is 4.67. The Bertz CT molecular complexity index is 693. The van der Waals surface area contributed by atoms with Crippen LogP contribution in [0.5, 0.6) is 5.75 Å². The normalized spacial score (nSPS) is 11.8. The first-order valence-corrected chi connectivity index (χ1v) is 6.54. The standard InChI is InChI=1S/C14H16N4O4/c1-8-12(14(20)21)16-17-18(8)9(2)13(19)15-10-4-6-11(22-3)7-5-10/h4-7,9H,1-3H3,(H,15,19)(H,20,21). The SMILES string of the molecule is COc1ccc(NC(=O)C(C)n2nnc(C(=O)O)c2C)cc1. The number of ether oxygens (including phenoxy) is 1. The molecular weight excluding hydrogens is 288 g/mol. The number of rotatable bonds is 5. The molecule has 0 radical (unpaired) electrons. The van der Waals surface area contributed by atoms with Crippen LogP contribution >= 0.6 is 0 Å². The summed E-state index contributed by atoms with van der Waals surface area (Å²) in [6, 6.07) is 6.18. The van der Waals surface area contributed by atoms with Crippen LogP contribution in [0.15, 0.2) is 24.3 Å². The van der Waals surface area contributed by atoms with Gasteiger partial charge in [0.25, 0.3) is 0 Å². The summed E-state index contributed by atoms with van der Waals surface area (Å²) < 4.78 is 6.32. The number of nitrogens with zero attached hydrogens (tertiary/aromatic N) is 3. The van der Waals surface area contributed by atoms with Gasteiger partial charge in [-0.3, -0.25) is 4.79 Å². The molecule has 0 spiro atoms. The predicted molar refractivity (Wildman–Crippen MR) is 78.1 cm³/mol. The number of carboxylic acid groups (broad SMARTS) is 1. The van der Waals surface area contributed by atoms with E-state index >= 15 is 0 Å². The summed E-state index contributed by atoms with van der Waals surface area (Å²) in [6.07, 6.45) is 0. The lowest BCUT2D eigenvalue weighted by Crippen LogP contribution is -2.25. The van der Waals surface area contributed by atoms with Crippen molar-refractivity contribution in [1.29, 1.82) is 0 Å². The highest BCUT2D eigenvalue weighted by atomic mass is 16.5. The van der Waals surface area contributed by atoms with E-state index in [9.17, 15) is 9.59 Å². The molecule has 2 rings (SSSR count). The van der Waals surface area contributed by atoms with Crippen molar-refractivity contribution < 1.29 is 19.4 Å². The monoisotopic (exact) mass is 304 g/mol. The molecule has 1 heterocycles. The fourth-order valence-electron chi connectivity index (χ4n) is 1.94. The quantitative estimate of drug-likeness (QED) is 0.867. The van der Waals surface area contributed by atoms with Crippen LogP contribution in [-0.4, -0.2) is 39.1 Å². The van der Waals surface area contributed by atoms with Crippen molar-refractivity contribution in [3.63, 3.8) is 0 Å². The van der Waals surface area contributed by atoms with Crippen LogP contribution in [0.4, 0.5) is 5.69 Å². The maximum Gasteiger partial charge on any atom is 0.358 e. The second-order valence-electron chi connectivity index (χ2n) is 4.67. The van der Waals surface area contributed by atoms with E-state index in [0.717, 1.165) is 0 Å². The Hall–Kier alpha value is -2.90. The molecule has 0 saturated carbocycles. The largest absolute Gasteiger partial charge is 0.497 e. The second kappa shape index (κ2) is 6.25. The van der Waals surface area contributed by atoms with Gasteiger partial charge in [-0.25, -0.2) is 9.48 Å². The Balaban J connectivity index is 2.13. The lowest BCUT2D eigenvalue weighted by Gasteiger charge is -2.13. The van der Waals surface area contributed by atoms with Gasteiger partial charge in [-0.15, -0.1) is 5.10 Å². The van der Waals surface area contributed by atoms with Gasteiger partial charge >= 0.3 is 5.97 Å². The molecule has 2 N–H and O–H groups in total. The Morgan fingerprint density at radius 2 is 1.95 bits per heavy atom. The lowest BCUT2D eigenvalue weighted by atomic mass is 10.2. The maximum absolute atomic E-state index is 12.2. The summed E-state index contributed by atoms with van der Waals surface area (Å²) in [4.78, 5) is 23.2. The molecule has 1 aromatic heterocycles. The van der Waals surface area contributed by atoms with Crippen LogP contribution in [0.1, 0.15) is 29.1 Å². The summed E-state index contributed by atoms with van der Waals surface area (Å²) in [5.74, 6) is -0.814. The minimum absolute atomic E-state index is 0.163. The first-order chi connectivity index (χ1) is 10.4. The zero-order valence-electron chi connectivity index (χ0n) is 12.4. The summed E-state index contributed by atoms with van der Waals surface area (Å²) in [7, 11) is 1.56. The molecule has 2 aromatic rings. The first-order valence-electron chi connectivity index (χ1n) is 6.54. The van der Waals surface area contributed by atoms with Crippen LogP contribution in [-0.2, 0) is 4.79 Å². The van der Waals surface area contributed by atoms with Crippen molar-refractivity contribution in [3.8, 4) is 5.75 Å². The Labute approximate surface area is 126 Å². The third kappa shape index (κ3) is 3.05. The van der Waals surface area contributed by atoms with Crippen molar-refractivity contribution in [2.24, 2.45) is 0 Å². The Morgan fingerprint density at radius 1 is 1.32 bits per heavy atom. The molecule has 0 aliphatic heterocycles. The van der Waals surface area contributed by atoms with E-state index in [1.807, 2.05) is 0 Å². The molecule has 1 amide bonds. The zero-order valence-corrected chi connectivity index (χ0v) is 12.4. The summed E-state index contributed by atoms with van der Waals surface area (Å²) in [5, 5.41) is 19.0. The first kappa shape index (κ1) is 15.5. The van der Waals surface area contributed by atoms with E-state index < -0.39 is 12.0 Å². The van der Waals surface area contributed by atoms with Gasteiger partial charge in [0, 0.05) is 5.69 Å². The molecule has 0 bridgehead atoms. The van der Waals surface area contributed by atoms with E-state index in [4.69, 9.17) is 9.84 Å². The van der Waals surface area contributed by atoms with Gasteiger partial charge in [0.2, 0.25) is 5.91 Å². The molecule has 0 aliphatic rings. The molecule has 0 fully saturated rings. The maximum atomic E-state index is 12.2. The van der Waals surface area contributed by atoms with E-state index in [0.29, 0.717) is 17.1 Å². The lowest BCUT2D eigenvalue weighted by molar-refractivity contribution is -0.119. The third-order valence-corrected chi connectivity index (χ3v) is 3.23. The number of amides is 1. The van der Waals surface area contributed by atoms with Crippen molar-refractivity contribution in [3.05, 3.63) is 35.7 Å². The number of benzene rings is 1. The smallest absolute Gasteiger partial charge is 0.358 e. The molecule has 1 unspecified atom stereocenters. The number of aromatic nitrogens is 3. The summed E-state index contributed by atoms with van der Waals surface area (Å²) >= 11 is 0. The number of anilines is 1. The van der Waals surface area contributed by atoms with Gasteiger partial charge < -0.3 is 15.2 Å².